The van der Waals surface area contributed by atoms with Gasteiger partial charge in [-0.05, 0) is 67.5 Å². The van der Waals surface area contributed by atoms with Crippen molar-refractivity contribution in [3.63, 3.8) is 0 Å². The monoisotopic (exact) mass is 477 g/mol. The molecule has 36 heavy (non-hydrogen) atoms. The molecule has 3 aromatic rings. The molecule has 2 aromatic carbocycles. The minimum Gasteiger partial charge on any atom is -0.366 e. The number of rotatable bonds is 5. The zero-order valence-electron chi connectivity index (χ0n) is 20.4. The van der Waals surface area contributed by atoms with E-state index < -0.39 is 5.91 Å². The second-order valence-corrected chi connectivity index (χ2v) is 10.2. The summed E-state index contributed by atoms with van der Waals surface area (Å²) in [7, 11) is 0. The summed E-state index contributed by atoms with van der Waals surface area (Å²) in [6.45, 7) is 2.02. The van der Waals surface area contributed by atoms with Crippen molar-refractivity contribution in [2.24, 2.45) is 17.4 Å². The van der Waals surface area contributed by atoms with Gasteiger partial charge in [-0.15, -0.1) is 0 Å². The van der Waals surface area contributed by atoms with Crippen LogP contribution in [0, 0.1) is 12.8 Å². The fraction of sp³-hybridized carbons (Fsp3) is 0.267. The second-order valence-electron chi connectivity index (χ2n) is 10.2. The summed E-state index contributed by atoms with van der Waals surface area (Å²) in [5.74, 6) is 0.741. The van der Waals surface area contributed by atoms with Crippen molar-refractivity contribution in [2.75, 3.05) is 5.43 Å². The van der Waals surface area contributed by atoms with Gasteiger partial charge in [-0.3, -0.25) is 4.79 Å². The van der Waals surface area contributed by atoms with Gasteiger partial charge in [0.25, 0.3) is 0 Å². The number of benzene rings is 2. The van der Waals surface area contributed by atoms with E-state index in [9.17, 15) is 4.79 Å². The molecule has 5 N–H and O–H groups in total. The number of primary amides is 1. The molecule has 1 amide bonds. The first-order valence-corrected chi connectivity index (χ1v) is 12.6. The van der Waals surface area contributed by atoms with Crippen molar-refractivity contribution in [1.29, 1.82) is 0 Å². The van der Waals surface area contributed by atoms with Crippen molar-refractivity contribution < 1.29 is 4.79 Å². The molecule has 0 saturated heterocycles. The van der Waals surface area contributed by atoms with Crippen LogP contribution in [0.3, 0.4) is 0 Å². The minimum atomic E-state index is -0.432. The van der Waals surface area contributed by atoms with Gasteiger partial charge >= 0.3 is 0 Å². The van der Waals surface area contributed by atoms with Gasteiger partial charge < -0.3 is 16.9 Å². The number of nitrogens with one attached hydrogen (secondary N) is 1. The lowest BCUT2D eigenvalue weighted by molar-refractivity contribution is 0.100. The van der Waals surface area contributed by atoms with Crippen LogP contribution in [0.4, 0.5) is 0 Å². The van der Waals surface area contributed by atoms with Gasteiger partial charge in [0.05, 0.1) is 17.4 Å². The first-order chi connectivity index (χ1) is 17.4. The number of hydrogen-bond acceptors (Lipinski definition) is 4. The molecule has 0 spiro atoms. The van der Waals surface area contributed by atoms with E-state index in [0.717, 1.165) is 42.0 Å². The molecular formula is C30H31N5O. The standard InChI is InChI=1S/C30H31N5O/c1-19-28(22-8-10-23(11-9-22)29(31)36)35-26(33-19)18-25(20-6-3-2-4-7-20)27(34-35)21-12-14-24(15-13-21)30(32)16-5-17-30/h2-4,6,8-15,18,20,27,34H,5,7,16-17,32H2,1H3,(H2,31,36). The number of nitrogens with zero attached hydrogens (tertiary/aromatic N) is 2. The van der Waals surface area contributed by atoms with Gasteiger partial charge in [0, 0.05) is 22.6 Å². The van der Waals surface area contributed by atoms with Crippen LogP contribution in [0.15, 0.2) is 78.4 Å². The van der Waals surface area contributed by atoms with Gasteiger partial charge in [0.15, 0.2) is 5.82 Å². The Balaban J connectivity index is 1.41. The summed E-state index contributed by atoms with van der Waals surface area (Å²) < 4.78 is 2.08. The first kappa shape index (κ1) is 22.6. The van der Waals surface area contributed by atoms with E-state index in [1.165, 1.54) is 23.1 Å². The molecule has 6 rings (SSSR count). The Bertz CT molecular complexity index is 1400. The molecule has 2 atom stereocenters. The van der Waals surface area contributed by atoms with Crippen molar-refractivity contribution in [3.05, 3.63) is 107 Å². The van der Waals surface area contributed by atoms with Crippen molar-refractivity contribution in [3.8, 4) is 11.3 Å². The van der Waals surface area contributed by atoms with E-state index in [-0.39, 0.29) is 11.6 Å². The van der Waals surface area contributed by atoms with Crippen LogP contribution in [-0.4, -0.2) is 15.6 Å². The van der Waals surface area contributed by atoms with Crippen LogP contribution in [0.1, 0.15) is 64.7 Å². The number of amides is 1. The fourth-order valence-electron chi connectivity index (χ4n) is 5.61. The van der Waals surface area contributed by atoms with E-state index in [1.54, 1.807) is 12.1 Å². The molecule has 2 aliphatic carbocycles. The zero-order chi connectivity index (χ0) is 24.9. The third-order valence-corrected chi connectivity index (χ3v) is 7.88. The summed E-state index contributed by atoms with van der Waals surface area (Å²) in [6.07, 6.45) is 15.2. The SMILES string of the molecule is Cc1nc2n(c1-c1ccc(C(N)=O)cc1)NC(c1ccc(C3(N)CCC3)cc1)C(C1C=CC=CC1)=C2. The van der Waals surface area contributed by atoms with E-state index in [1.807, 2.05) is 19.1 Å². The maximum Gasteiger partial charge on any atom is 0.248 e. The molecule has 6 heteroatoms. The summed E-state index contributed by atoms with van der Waals surface area (Å²) in [6, 6.07) is 16.2. The Hall–Kier alpha value is -3.90. The molecule has 0 radical (unpaired) electrons. The number of imidazole rings is 1. The third-order valence-electron chi connectivity index (χ3n) is 7.88. The Kier molecular flexibility index (Phi) is 5.41. The summed E-state index contributed by atoms with van der Waals surface area (Å²) >= 11 is 0. The minimum absolute atomic E-state index is 0.0138. The number of carbonyl (C=O) groups is 1. The number of allylic oxidation sites excluding steroid dienone is 4. The molecule has 1 aromatic heterocycles. The molecule has 3 aliphatic rings. The average molecular weight is 478 g/mol. The van der Waals surface area contributed by atoms with Crippen LogP contribution < -0.4 is 16.9 Å². The zero-order valence-corrected chi connectivity index (χ0v) is 20.4. The van der Waals surface area contributed by atoms with Gasteiger partial charge in [0.2, 0.25) is 5.91 Å². The molecular weight excluding hydrogens is 446 g/mol. The topological polar surface area (TPSA) is 99.0 Å². The van der Waals surface area contributed by atoms with Crippen molar-refractivity contribution in [1.82, 2.24) is 9.66 Å². The highest BCUT2D eigenvalue weighted by Crippen LogP contribution is 2.42. The molecule has 0 bridgehead atoms. The summed E-state index contributed by atoms with van der Waals surface area (Å²) in [5, 5.41) is 0. The van der Waals surface area contributed by atoms with Crippen molar-refractivity contribution in [2.45, 2.75) is 44.2 Å². The fourth-order valence-corrected chi connectivity index (χ4v) is 5.61. The quantitative estimate of drug-likeness (QED) is 0.476. The average Bonchev–Trinajstić information content (AvgIpc) is 3.21. The number of fused-ring (bicyclic) bond motifs is 1. The second kappa shape index (κ2) is 8.64. The Labute approximate surface area is 211 Å². The first-order valence-electron chi connectivity index (χ1n) is 12.6. The lowest BCUT2D eigenvalue weighted by atomic mass is 9.72. The van der Waals surface area contributed by atoms with Crippen LogP contribution >= 0.6 is 0 Å². The van der Waals surface area contributed by atoms with Crippen LogP contribution in [0.5, 0.6) is 0 Å². The van der Waals surface area contributed by atoms with E-state index >= 15 is 0 Å². The van der Waals surface area contributed by atoms with E-state index in [4.69, 9.17) is 16.5 Å². The normalized spacial score (nSPS) is 21.8. The van der Waals surface area contributed by atoms with Crippen LogP contribution in [0.25, 0.3) is 17.3 Å². The summed E-state index contributed by atoms with van der Waals surface area (Å²) in [5.41, 5.74) is 22.7. The number of aryl methyl sites for hydroxylation is 1. The predicted octanol–water partition coefficient (Wildman–Crippen LogP) is 5.11. The molecule has 1 fully saturated rings. The Morgan fingerprint density at radius 3 is 2.44 bits per heavy atom. The van der Waals surface area contributed by atoms with Gasteiger partial charge in [-0.25, -0.2) is 9.66 Å². The third kappa shape index (κ3) is 3.78. The number of carbonyl (C=O) groups excluding carboxylic acids is 1. The van der Waals surface area contributed by atoms with E-state index in [2.05, 4.69) is 64.7 Å². The maximum absolute atomic E-state index is 11.6. The van der Waals surface area contributed by atoms with E-state index in [0.29, 0.717) is 11.5 Å². The Morgan fingerprint density at radius 2 is 1.83 bits per heavy atom. The maximum atomic E-state index is 11.6. The molecule has 182 valence electrons. The largest absolute Gasteiger partial charge is 0.366 e. The Morgan fingerprint density at radius 1 is 1.08 bits per heavy atom. The highest BCUT2D eigenvalue weighted by molar-refractivity contribution is 5.93. The molecule has 1 aliphatic heterocycles. The number of nitrogens with two attached hydrogens (primary N) is 2. The van der Waals surface area contributed by atoms with Gasteiger partial charge in [-0.2, -0.15) is 0 Å². The number of hydrogen-bond donors (Lipinski definition) is 3. The summed E-state index contributed by atoms with van der Waals surface area (Å²) in [4.78, 5) is 16.5. The van der Waals surface area contributed by atoms with Crippen LogP contribution in [-0.2, 0) is 5.54 Å². The van der Waals surface area contributed by atoms with Gasteiger partial charge in [-0.1, -0.05) is 60.7 Å². The molecule has 2 heterocycles. The number of aromatic nitrogens is 2. The highest BCUT2D eigenvalue weighted by atomic mass is 16.1. The lowest BCUT2D eigenvalue weighted by Crippen LogP contribution is -2.43. The molecule has 6 nitrogen and oxygen atoms in total. The molecule has 2 unspecified atom stereocenters. The van der Waals surface area contributed by atoms with Gasteiger partial charge in [0.1, 0.15) is 0 Å². The highest BCUT2D eigenvalue weighted by Gasteiger charge is 2.35. The predicted molar refractivity (Wildman–Crippen MR) is 144 cm³/mol. The van der Waals surface area contributed by atoms with Crippen molar-refractivity contribution >= 4 is 12.0 Å². The van der Waals surface area contributed by atoms with Crippen LogP contribution in [0.2, 0.25) is 0 Å². The smallest absolute Gasteiger partial charge is 0.248 e. The lowest BCUT2D eigenvalue weighted by Gasteiger charge is -2.39. The molecule has 1 saturated carbocycles.